The highest BCUT2D eigenvalue weighted by Crippen LogP contribution is 2.31. The molecule has 0 spiro atoms. The Morgan fingerprint density at radius 3 is 3.00 bits per heavy atom. The van der Waals surface area contributed by atoms with Crippen molar-refractivity contribution < 1.29 is 5.11 Å². The van der Waals surface area contributed by atoms with Crippen LogP contribution in [0.4, 0.5) is 5.82 Å². The first-order valence-corrected chi connectivity index (χ1v) is 6.13. The van der Waals surface area contributed by atoms with E-state index in [9.17, 15) is 0 Å². The summed E-state index contributed by atoms with van der Waals surface area (Å²) in [5.74, 6) is 0.771. The average molecular weight is 255 g/mol. The molecule has 1 atom stereocenters. The zero-order valence-electron chi connectivity index (χ0n) is 8.77. The summed E-state index contributed by atoms with van der Waals surface area (Å²) in [7, 11) is 0. The van der Waals surface area contributed by atoms with Crippen LogP contribution in [-0.4, -0.2) is 21.7 Å². The summed E-state index contributed by atoms with van der Waals surface area (Å²) >= 11 is 5.75. The van der Waals surface area contributed by atoms with E-state index in [1.807, 2.05) is 24.5 Å². The van der Waals surface area contributed by atoms with E-state index in [0.29, 0.717) is 0 Å². The maximum Gasteiger partial charge on any atom is 0.159 e. The van der Waals surface area contributed by atoms with Crippen LogP contribution in [0.15, 0.2) is 34.3 Å². The SMILES string of the molecule is CC1(Nc2ccc(S)cn2)NC(CO)=CS1. The topological polar surface area (TPSA) is 57.2 Å². The van der Waals surface area contributed by atoms with E-state index in [1.54, 1.807) is 18.0 Å². The number of rotatable bonds is 3. The lowest BCUT2D eigenvalue weighted by atomic mass is 10.4. The Morgan fingerprint density at radius 1 is 1.62 bits per heavy atom. The Kier molecular flexibility index (Phi) is 3.32. The third kappa shape index (κ3) is 2.63. The number of thiol groups is 1. The zero-order valence-corrected chi connectivity index (χ0v) is 10.5. The van der Waals surface area contributed by atoms with E-state index in [1.165, 1.54) is 0 Å². The number of nitrogens with one attached hydrogen (secondary N) is 2. The van der Waals surface area contributed by atoms with Gasteiger partial charge in [0.1, 0.15) is 5.82 Å². The molecular weight excluding hydrogens is 242 g/mol. The Bertz CT molecular complexity index is 407. The molecule has 0 aliphatic carbocycles. The summed E-state index contributed by atoms with van der Waals surface area (Å²) < 4.78 is 0. The standard InChI is InChI=1S/C10H13N3OS2/c1-10(12-7(5-14)6-16-10)13-9-3-2-8(15)4-11-9/h2-4,6,12,14-15H,5H2,1H3,(H,11,13). The highest BCUT2D eigenvalue weighted by atomic mass is 32.2. The van der Waals surface area contributed by atoms with Gasteiger partial charge in [-0.25, -0.2) is 4.98 Å². The number of hydrogen-bond donors (Lipinski definition) is 4. The first-order chi connectivity index (χ1) is 7.61. The molecule has 2 heterocycles. The van der Waals surface area contributed by atoms with E-state index in [0.717, 1.165) is 16.4 Å². The van der Waals surface area contributed by atoms with Crippen LogP contribution in [0.1, 0.15) is 6.92 Å². The highest BCUT2D eigenvalue weighted by molar-refractivity contribution is 8.03. The molecule has 86 valence electrons. The maximum absolute atomic E-state index is 9.00. The van der Waals surface area contributed by atoms with Gasteiger partial charge in [-0.1, -0.05) is 11.8 Å². The van der Waals surface area contributed by atoms with Gasteiger partial charge in [0.05, 0.1) is 6.61 Å². The van der Waals surface area contributed by atoms with Gasteiger partial charge in [-0.15, -0.1) is 12.6 Å². The Morgan fingerprint density at radius 2 is 2.44 bits per heavy atom. The van der Waals surface area contributed by atoms with Crippen molar-refractivity contribution in [3.05, 3.63) is 29.4 Å². The fraction of sp³-hybridized carbons (Fsp3) is 0.300. The fourth-order valence-electron chi connectivity index (χ4n) is 1.40. The van der Waals surface area contributed by atoms with Crippen molar-refractivity contribution in [2.75, 3.05) is 11.9 Å². The molecule has 16 heavy (non-hydrogen) atoms. The van der Waals surface area contributed by atoms with Gasteiger partial charge in [0.25, 0.3) is 0 Å². The highest BCUT2D eigenvalue weighted by Gasteiger charge is 2.29. The van der Waals surface area contributed by atoms with Crippen LogP contribution in [-0.2, 0) is 0 Å². The molecule has 0 fully saturated rings. The van der Waals surface area contributed by atoms with Gasteiger partial charge in [0.2, 0.25) is 0 Å². The predicted molar refractivity (Wildman–Crippen MR) is 69.4 cm³/mol. The fourth-order valence-corrected chi connectivity index (χ4v) is 2.39. The van der Waals surface area contributed by atoms with Gasteiger partial charge >= 0.3 is 0 Å². The molecule has 1 aliphatic heterocycles. The largest absolute Gasteiger partial charge is 0.390 e. The number of hydrogen-bond acceptors (Lipinski definition) is 6. The number of aliphatic hydroxyl groups excluding tert-OH is 1. The summed E-state index contributed by atoms with van der Waals surface area (Å²) in [5.41, 5.74) is 0.811. The summed E-state index contributed by atoms with van der Waals surface area (Å²) in [5, 5.41) is 17.3. The van der Waals surface area contributed by atoms with Crippen LogP contribution in [0.5, 0.6) is 0 Å². The van der Waals surface area contributed by atoms with Crippen molar-refractivity contribution >= 4 is 30.2 Å². The molecule has 1 aromatic heterocycles. The van der Waals surface area contributed by atoms with Gasteiger partial charge in [-0.2, -0.15) is 0 Å². The number of thioether (sulfide) groups is 1. The van der Waals surface area contributed by atoms with Gasteiger partial charge in [-0.05, 0) is 24.5 Å². The molecule has 6 heteroatoms. The lowest BCUT2D eigenvalue weighted by Gasteiger charge is -2.27. The number of aliphatic hydroxyl groups is 1. The van der Waals surface area contributed by atoms with Crippen LogP contribution >= 0.6 is 24.4 Å². The monoisotopic (exact) mass is 255 g/mol. The second-order valence-electron chi connectivity index (χ2n) is 3.60. The quantitative estimate of drug-likeness (QED) is 0.619. The molecule has 0 amide bonds. The molecule has 0 aromatic carbocycles. The molecule has 0 bridgehead atoms. The minimum Gasteiger partial charge on any atom is -0.390 e. The van der Waals surface area contributed by atoms with Crippen LogP contribution in [0, 0.1) is 0 Å². The number of pyridine rings is 1. The molecule has 2 rings (SSSR count). The van der Waals surface area contributed by atoms with Crippen LogP contribution in [0.25, 0.3) is 0 Å². The first-order valence-electron chi connectivity index (χ1n) is 4.80. The van der Waals surface area contributed by atoms with E-state index >= 15 is 0 Å². The van der Waals surface area contributed by atoms with E-state index < -0.39 is 0 Å². The molecule has 0 radical (unpaired) electrons. The van der Waals surface area contributed by atoms with E-state index in [4.69, 9.17) is 5.11 Å². The minimum atomic E-state index is -0.358. The molecule has 4 nitrogen and oxygen atoms in total. The second kappa shape index (κ2) is 4.57. The first kappa shape index (κ1) is 11.6. The zero-order chi connectivity index (χ0) is 11.6. The van der Waals surface area contributed by atoms with Gasteiger partial charge in [0.15, 0.2) is 4.99 Å². The lowest BCUT2D eigenvalue weighted by molar-refractivity contribution is 0.318. The molecule has 0 saturated carbocycles. The normalized spacial score (nSPS) is 23.8. The minimum absolute atomic E-state index is 0.0211. The molecule has 1 unspecified atom stereocenters. The Labute approximate surface area is 104 Å². The van der Waals surface area contributed by atoms with Crippen molar-refractivity contribution in [2.24, 2.45) is 0 Å². The Balaban J connectivity index is 2.03. The molecule has 1 aromatic rings. The Hall–Kier alpha value is -0.850. The number of nitrogens with zero attached hydrogens (tertiary/aromatic N) is 1. The molecule has 0 saturated heterocycles. The molecular formula is C10H13N3OS2. The van der Waals surface area contributed by atoms with Crippen molar-refractivity contribution in [1.29, 1.82) is 0 Å². The van der Waals surface area contributed by atoms with E-state index in [-0.39, 0.29) is 11.6 Å². The summed E-state index contributed by atoms with van der Waals surface area (Å²) in [6.07, 6.45) is 1.69. The average Bonchev–Trinajstić information content (AvgIpc) is 2.64. The number of anilines is 1. The predicted octanol–water partition coefficient (Wildman–Crippen LogP) is 1.63. The third-order valence-electron chi connectivity index (χ3n) is 2.12. The summed E-state index contributed by atoms with van der Waals surface area (Å²) in [6, 6.07) is 3.74. The summed E-state index contributed by atoms with van der Waals surface area (Å²) in [6.45, 7) is 2.01. The summed E-state index contributed by atoms with van der Waals surface area (Å²) in [4.78, 5) is 4.68. The van der Waals surface area contributed by atoms with E-state index in [2.05, 4.69) is 28.2 Å². The van der Waals surface area contributed by atoms with Crippen molar-refractivity contribution in [2.45, 2.75) is 16.8 Å². The van der Waals surface area contributed by atoms with Gasteiger partial charge < -0.3 is 15.7 Å². The smallest absolute Gasteiger partial charge is 0.159 e. The maximum atomic E-state index is 9.00. The van der Waals surface area contributed by atoms with Gasteiger partial charge in [0, 0.05) is 16.8 Å². The van der Waals surface area contributed by atoms with Crippen molar-refractivity contribution in [3.63, 3.8) is 0 Å². The molecule has 1 aliphatic rings. The van der Waals surface area contributed by atoms with Crippen molar-refractivity contribution in [3.8, 4) is 0 Å². The molecule has 3 N–H and O–H groups in total. The number of aromatic nitrogens is 1. The lowest BCUT2D eigenvalue weighted by Crippen LogP contribution is -2.43. The van der Waals surface area contributed by atoms with Crippen molar-refractivity contribution in [1.82, 2.24) is 10.3 Å². The van der Waals surface area contributed by atoms with Crippen LogP contribution in [0.2, 0.25) is 0 Å². The second-order valence-corrected chi connectivity index (χ2v) is 5.41. The third-order valence-corrected chi connectivity index (χ3v) is 3.46. The van der Waals surface area contributed by atoms with Crippen LogP contribution in [0.3, 0.4) is 0 Å². The van der Waals surface area contributed by atoms with Crippen LogP contribution < -0.4 is 10.6 Å². The van der Waals surface area contributed by atoms with Gasteiger partial charge in [-0.3, -0.25) is 0 Å².